The quantitative estimate of drug-likeness (QED) is 0.193. The van der Waals surface area contributed by atoms with Crippen molar-refractivity contribution in [3.8, 4) is 51.8 Å². The Kier molecular flexibility index (Phi) is 6.56. The van der Waals surface area contributed by atoms with Crippen molar-refractivity contribution in [3.63, 3.8) is 0 Å². The van der Waals surface area contributed by atoms with Crippen LogP contribution >= 0.6 is 0 Å². The maximum atomic E-state index is 10.0. The van der Waals surface area contributed by atoms with Crippen LogP contribution in [0.4, 0.5) is 0 Å². The van der Waals surface area contributed by atoms with Crippen molar-refractivity contribution >= 4 is 43.6 Å². The number of para-hydroxylation sites is 3. The molecule has 0 spiro atoms. The average molecular weight is 636 g/mol. The monoisotopic (exact) mass is 635 g/mol. The fourth-order valence-corrected chi connectivity index (χ4v) is 7.39. The second kappa shape index (κ2) is 11.4. The summed E-state index contributed by atoms with van der Waals surface area (Å²) in [6.07, 6.45) is 0. The highest BCUT2D eigenvalue weighted by molar-refractivity contribution is 6.14. The summed E-state index contributed by atoms with van der Waals surface area (Å²) in [5.41, 5.74) is 11.8. The minimum atomic E-state index is 0.579. The highest BCUT2D eigenvalue weighted by Gasteiger charge is 2.19. The smallest absolute Gasteiger partial charge is 0.101 e. The lowest BCUT2D eigenvalue weighted by Crippen LogP contribution is -1.97. The zero-order chi connectivity index (χ0) is 33.8. The fourth-order valence-electron chi connectivity index (χ4n) is 7.39. The maximum Gasteiger partial charge on any atom is 0.101 e. The lowest BCUT2D eigenvalue weighted by atomic mass is 9.96. The summed E-state index contributed by atoms with van der Waals surface area (Å²) < 4.78 is 4.40. The predicted octanol–water partition coefficient (Wildman–Crippen LogP) is 10.8. The molecule has 2 aromatic heterocycles. The lowest BCUT2D eigenvalue weighted by Gasteiger charge is -2.13. The van der Waals surface area contributed by atoms with Crippen molar-refractivity contribution < 1.29 is 0 Å². The standard InChI is InChI=1S/C45H25N5/c46-26-29-8-5-12-35(22-29)49-43-21-18-30(27-47)23-40(43)39-15-7-14-36(45(39)49)33-11-6-10-31(24-33)32-19-20-38-37-13-2-4-17-42(37)50(44(38)25-32)41-16-3-1-9-34(41)28-48/h1-25H. The van der Waals surface area contributed by atoms with E-state index in [9.17, 15) is 15.8 Å². The van der Waals surface area contributed by atoms with E-state index in [4.69, 9.17) is 0 Å². The van der Waals surface area contributed by atoms with Gasteiger partial charge in [-0.1, -0.05) is 84.9 Å². The van der Waals surface area contributed by atoms with E-state index in [2.05, 4.69) is 106 Å². The number of hydrogen-bond donors (Lipinski definition) is 0. The summed E-state index contributed by atoms with van der Waals surface area (Å²) in [4.78, 5) is 0. The van der Waals surface area contributed by atoms with Gasteiger partial charge >= 0.3 is 0 Å². The van der Waals surface area contributed by atoms with Crippen molar-refractivity contribution in [2.75, 3.05) is 0 Å². The molecular formula is C45H25N5. The Morgan fingerprint density at radius 2 is 1.10 bits per heavy atom. The number of aromatic nitrogens is 2. The first-order valence-corrected chi connectivity index (χ1v) is 16.3. The maximum absolute atomic E-state index is 10.0. The Morgan fingerprint density at radius 1 is 0.400 bits per heavy atom. The molecule has 230 valence electrons. The zero-order valence-electron chi connectivity index (χ0n) is 26.7. The first kappa shape index (κ1) is 28.8. The summed E-state index contributed by atoms with van der Waals surface area (Å²) in [5.74, 6) is 0. The Morgan fingerprint density at radius 3 is 1.98 bits per heavy atom. The molecule has 9 aromatic rings. The third-order valence-electron chi connectivity index (χ3n) is 9.60. The number of rotatable bonds is 4. The van der Waals surface area contributed by atoms with Gasteiger partial charge in [0.15, 0.2) is 0 Å². The SMILES string of the molecule is N#Cc1cccc(-n2c3ccc(C#N)cc3c3cccc(-c4cccc(-c5ccc6c7ccccc7n(-c7ccccc7C#N)c6c5)c4)c32)c1. The van der Waals surface area contributed by atoms with Gasteiger partial charge in [0.25, 0.3) is 0 Å². The van der Waals surface area contributed by atoms with E-state index >= 15 is 0 Å². The molecule has 5 heteroatoms. The summed E-state index contributed by atoms with van der Waals surface area (Å²) in [6.45, 7) is 0. The van der Waals surface area contributed by atoms with Gasteiger partial charge in [-0.2, -0.15) is 15.8 Å². The molecule has 0 amide bonds. The highest BCUT2D eigenvalue weighted by Crippen LogP contribution is 2.40. The topological polar surface area (TPSA) is 81.2 Å². The molecule has 2 heterocycles. The van der Waals surface area contributed by atoms with Gasteiger partial charge in [-0.3, -0.25) is 0 Å². The van der Waals surface area contributed by atoms with Gasteiger partial charge in [0, 0.05) is 32.8 Å². The molecule has 7 aromatic carbocycles. The van der Waals surface area contributed by atoms with Gasteiger partial charge in [-0.05, 0) is 83.4 Å². The minimum absolute atomic E-state index is 0.579. The van der Waals surface area contributed by atoms with Crippen molar-refractivity contribution in [2.24, 2.45) is 0 Å². The first-order chi connectivity index (χ1) is 24.7. The van der Waals surface area contributed by atoms with E-state index in [1.165, 1.54) is 0 Å². The molecule has 0 saturated heterocycles. The van der Waals surface area contributed by atoms with E-state index in [1.54, 1.807) is 0 Å². The van der Waals surface area contributed by atoms with Gasteiger partial charge in [-0.15, -0.1) is 0 Å². The van der Waals surface area contributed by atoms with E-state index in [1.807, 2.05) is 72.8 Å². The predicted molar refractivity (Wildman–Crippen MR) is 200 cm³/mol. The van der Waals surface area contributed by atoms with Crippen LogP contribution in [0.15, 0.2) is 152 Å². The summed E-state index contributed by atoms with van der Waals surface area (Å²) >= 11 is 0. The van der Waals surface area contributed by atoms with Crippen LogP contribution in [0, 0.1) is 34.0 Å². The van der Waals surface area contributed by atoms with Crippen LogP contribution in [0.1, 0.15) is 16.7 Å². The van der Waals surface area contributed by atoms with Crippen LogP contribution in [0.3, 0.4) is 0 Å². The Bertz CT molecular complexity index is 2970. The fraction of sp³-hybridized carbons (Fsp3) is 0. The number of fused-ring (bicyclic) bond motifs is 6. The first-order valence-electron chi connectivity index (χ1n) is 16.3. The molecule has 0 radical (unpaired) electrons. The molecule has 0 N–H and O–H groups in total. The van der Waals surface area contributed by atoms with E-state index in [0.29, 0.717) is 16.7 Å². The molecule has 0 aliphatic rings. The van der Waals surface area contributed by atoms with Crippen LogP contribution in [0.25, 0.3) is 77.2 Å². The Balaban J connectivity index is 1.27. The lowest BCUT2D eigenvalue weighted by molar-refractivity contribution is 1.17. The molecule has 50 heavy (non-hydrogen) atoms. The van der Waals surface area contributed by atoms with Crippen LogP contribution < -0.4 is 0 Å². The zero-order valence-corrected chi connectivity index (χ0v) is 26.7. The molecular weight excluding hydrogens is 611 g/mol. The largest absolute Gasteiger partial charge is 0.309 e. The molecule has 0 aliphatic heterocycles. The minimum Gasteiger partial charge on any atom is -0.309 e. The molecule has 5 nitrogen and oxygen atoms in total. The van der Waals surface area contributed by atoms with Gasteiger partial charge in [-0.25, -0.2) is 0 Å². The summed E-state index contributed by atoms with van der Waals surface area (Å²) in [5, 5.41) is 33.7. The highest BCUT2D eigenvalue weighted by atomic mass is 15.0. The van der Waals surface area contributed by atoms with E-state index < -0.39 is 0 Å². The van der Waals surface area contributed by atoms with E-state index in [-0.39, 0.29) is 0 Å². The normalized spacial score (nSPS) is 11.1. The third kappa shape index (κ3) is 4.38. The van der Waals surface area contributed by atoms with Crippen LogP contribution in [-0.2, 0) is 0 Å². The van der Waals surface area contributed by atoms with Crippen molar-refractivity contribution in [2.45, 2.75) is 0 Å². The number of hydrogen-bond acceptors (Lipinski definition) is 3. The molecule has 0 fully saturated rings. The van der Waals surface area contributed by atoms with Crippen molar-refractivity contribution in [1.82, 2.24) is 9.13 Å². The second-order valence-electron chi connectivity index (χ2n) is 12.3. The molecule has 0 atom stereocenters. The number of nitriles is 3. The molecule has 9 rings (SSSR count). The third-order valence-corrected chi connectivity index (χ3v) is 9.60. The van der Waals surface area contributed by atoms with Crippen LogP contribution in [0.5, 0.6) is 0 Å². The van der Waals surface area contributed by atoms with Crippen molar-refractivity contribution in [3.05, 3.63) is 168 Å². The average Bonchev–Trinajstić information content (AvgIpc) is 3.70. The molecule has 0 unspecified atom stereocenters. The van der Waals surface area contributed by atoms with Crippen LogP contribution in [-0.4, -0.2) is 9.13 Å². The Labute approximate surface area is 287 Å². The van der Waals surface area contributed by atoms with E-state index in [0.717, 1.165) is 77.2 Å². The summed E-state index contributed by atoms with van der Waals surface area (Å²) in [7, 11) is 0. The van der Waals surface area contributed by atoms with Crippen molar-refractivity contribution in [1.29, 1.82) is 15.8 Å². The van der Waals surface area contributed by atoms with Gasteiger partial charge in [0.2, 0.25) is 0 Å². The number of nitrogens with zero attached hydrogens (tertiary/aromatic N) is 5. The summed E-state index contributed by atoms with van der Waals surface area (Å²) in [6, 6.07) is 57.9. The molecule has 0 aliphatic carbocycles. The van der Waals surface area contributed by atoms with Crippen LogP contribution in [0.2, 0.25) is 0 Å². The molecule has 0 bridgehead atoms. The van der Waals surface area contributed by atoms with Gasteiger partial charge in [0.1, 0.15) is 6.07 Å². The number of benzene rings is 7. The van der Waals surface area contributed by atoms with Gasteiger partial charge in [0.05, 0.1) is 56.6 Å². The Hall–Kier alpha value is -7.39. The van der Waals surface area contributed by atoms with Gasteiger partial charge < -0.3 is 9.13 Å². The molecule has 0 saturated carbocycles. The second-order valence-corrected chi connectivity index (χ2v) is 12.3.